The summed E-state index contributed by atoms with van der Waals surface area (Å²) in [6.45, 7) is 0. The molecule has 0 radical (unpaired) electrons. The third-order valence-corrected chi connectivity index (χ3v) is 3.49. The minimum Gasteiger partial charge on any atom is -0.270 e. The normalized spacial score (nSPS) is 16.1. The predicted octanol–water partition coefficient (Wildman–Crippen LogP) is 3.19. The summed E-state index contributed by atoms with van der Waals surface area (Å²) < 4.78 is 13.6. The summed E-state index contributed by atoms with van der Waals surface area (Å²) in [7, 11) is 0. The molecule has 0 aliphatic heterocycles. The van der Waals surface area contributed by atoms with Crippen molar-refractivity contribution >= 4 is 21.8 Å². The fourth-order valence-corrected chi connectivity index (χ4v) is 2.30. The Morgan fingerprint density at radius 1 is 1.41 bits per heavy atom. The van der Waals surface area contributed by atoms with Crippen LogP contribution in [0, 0.1) is 5.82 Å². The molecule has 17 heavy (non-hydrogen) atoms. The number of hydrogen-bond acceptors (Lipinski definition) is 2. The van der Waals surface area contributed by atoms with Crippen LogP contribution in [0.25, 0.3) is 0 Å². The molecular weight excluding hydrogens is 289 g/mol. The molecular formula is C12H13BrFNO2. The van der Waals surface area contributed by atoms with E-state index in [2.05, 4.69) is 21.4 Å². The minimum absolute atomic E-state index is 0.0892. The van der Waals surface area contributed by atoms with Crippen LogP contribution in [0.15, 0.2) is 22.7 Å². The highest BCUT2D eigenvalue weighted by Crippen LogP contribution is 2.21. The van der Waals surface area contributed by atoms with Gasteiger partial charge >= 0.3 is 0 Å². The highest BCUT2D eigenvalue weighted by atomic mass is 79.9. The van der Waals surface area contributed by atoms with Crippen molar-refractivity contribution in [2.24, 2.45) is 0 Å². The summed E-state index contributed by atoms with van der Waals surface area (Å²) in [6.07, 6.45) is 4.27. The molecule has 0 aromatic heterocycles. The van der Waals surface area contributed by atoms with Gasteiger partial charge in [0.2, 0.25) is 0 Å². The number of hydrogen-bond donors (Lipinski definition) is 1. The predicted molar refractivity (Wildman–Crippen MR) is 64.9 cm³/mol. The molecule has 92 valence electrons. The molecule has 0 atom stereocenters. The Balaban J connectivity index is 1.96. The fourth-order valence-electron chi connectivity index (χ4n) is 1.87. The Morgan fingerprint density at radius 3 is 2.82 bits per heavy atom. The van der Waals surface area contributed by atoms with E-state index in [0.717, 1.165) is 25.7 Å². The van der Waals surface area contributed by atoms with Gasteiger partial charge < -0.3 is 0 Å². The van der Waals surface area contributed by atoms with Gasteiger partial charge in [-0.25, -0.2) is 9.87 Å². The van der Waals surface area contributed by atoms with Crippen LogP contribution in [0.3, 0.4) is 0 Å². The van der Waals surface area contributed by atoms with Gasteiger partial charge in [0, 0.05) is 4.47 Å². The van der Waals surface area contributed by atoms with Gasteiger partial charge in [0.15, 0.2) is 0 Å². The summed E-state index contributed by atoms with van der Waals surface area (Å²) in [5.74, 6) is -0.873. The molecule has 5 heteroatoms. The van der Waals surface area contributed by atoms with Crippen LogP contribution in [0.2, 0.25) is 0 Å². The molecule has 1 saturated carbocycles. The average Bonchev–Trinajstić information content (AvgIpc) is 2.82. The van der Waals surface area contributed by atoms with Crippen molar-refractivity contribution in [2.45, 2.75) is 31.8 Å². The SMILES string of the molecule is O=C(NOC1CCCC1)c1cc(F)ccc1Br. The van der Waals surface area contributed by atoms with E-state index >= 15 is 0 Å². The Hall–Kier alpha value is -0.940. The van der Waals surface area contributed by atoms with Crippen molar-refractivity contribution in [3.8, 4) is 0 Å². The highest BCUT2D eigenvalue weighted by molar-refractivity contribution is 9.10. The first kappa shape index (κ1) is 12.5. The van der Waals surface area contributed by atoms with Crippen molar-refractivity contribution in [1.29, 1.82) is 0 Å². The Morgan fingerprint density at radius 2 is 2.12 bits per heavy atom. The zero-order chi connectivity index (χ0) is 12.3. The molecule has 1 fully saturated rings. The van der Waals surface area contributed by atoms with Gasteiger partial charge in [-0.15, -0.1) is 0 Å². The largest absolute Gasteiger partial charge is 0.276 e. The Kier molecular flexibility index (Phi) is 4.12. The Labute approximate surface area is 107 Å². The second-order valence-corrected chi connectivity index (χ2v) is 4.93. The van der Waals surface area contributed by atoms with E-state index in [-0.39, 0.29) is 11.7 Å². The maximum Gasteiger partial charge on any atom is 0.276 e. The third-order valence-electron chi connectivity index (χ3n) is 2.79. The Bertz CT molecular complexity index is 419. The highest BCUT2D eigenvalue weighted by Gasteiger charge is 2.18. The molecule has 0 heterocycles. The van der Waals surface area contributed by atoms with Gasteiger partial charge in [0.1, 0.15) is 5.82 Å². The van der Waals surface area contributed by atoms with E-state index in [1.165, 1.54) is 18.2 Å². The number of hydroxylamine groups is 1. The van der Waals surface area contributed by atoms with E-state index in [4.69, 9.17) is 4.84 Å². The number of halogens is 2. The quantitative estimate of drug-likeness (QED) is 0.871. The zero-order valence-electron chi connectivity index (χ0n) is 9.21. The number of carbonyl (C=O) groups is 1. The lowest BCUT2D eigenvalue weighted by Gasteiger charge is -2.12. The van der Waals surface area contributed by atoms with Crippen LogP contribution in [-0.2, 0) is 4.84 Å². The van der Waals surface area contributed by atoms with E-state index in [0.29, 0.717) is 4.47 Å². The molecule has 0 saturated heterocycles. The second kappa shape index (κ2) is 5.60. The summed E-state index contributed by atoms with van der Waals surface area (Å²) in [5, 5.41) is 0. The average molecular weight is 302 g/mol. The first-order valence-corrected chi connectivity index (χ1v) is 6.37. The molecule has 3 nitrogen and oxygen atoms in total. The van der Waals surface area contributed by atoms with E-state index in [1.54, 1.807) is 0 Å². The summed E-state index contributed by atoms with van der Waals surface area (Å²) in [6, 6.07) is 3.97. The van der Waals surface area contributed by atoms with Gasteiger partial charge in [0.25, 0.3) is 5.91 Å². The van der Waals surface area contributed by atoms with Gasteiger partial charge in [-0.3, -0.25) is 9.63 Å². The van der Waals surface area contributed by atoms with Gasteiger partial charge in [-0.1, -0.05) is 12.8 Å². The summed E-state index contributed by atoms with van der Waals surface area (Å²) in [4.78, 5) is 17.0. The molecule has 1 aliphatic carbocycles. The second-order valence-electron chi connectivity index (χ2n) is 4.08. The standard InChI is InChI=1S/C12H13BrFNO2/c13-11-6-5-8(14)7-10(11)12(16)15-17-9-3-1-2-4-9/h5-7,9H,1-4H2,(H,15,16). The maximum absolute atomic E-state index is 13.0. The monoisotopic (exact) mass is 301 g/mol. The van der Waals surface area contributed by atoms with Gasteiger partial charge in [-0.05, 0) is 47.0 Å². The zero-order valence-corrected chi connectivity index (χ0v) is 10.8. The molecule has 1 aromatic carbocycles. The smallest absolute Gasteiger partial charge is 0.270 e. The van der Waals surface area contributed by atoms with Crippen molar-refractivity contribution in [2.75, 3.05) is 0 Å². The van der Waals surface area contributed by atoms with Crippen LogP contribution in [0.4, 0.5) is 4.39 Å². The van der Waals surface area contributed by atoms with Crippen molar-refractivity contribution in [1.82, 2.24) is 5.48 Å². The molecule has 2 rings (SSSR count). The van der Waals surface area contributed by atoms with E-state index in [9.17, 15) is 9.18 Å². The number of rotatable bonds is 3. The number of carbonyl (C=O) groups excluding carboxylic acids is 1. The lowest BCUT2D eigenvalue weighted by molar-refractivity contribution is -0.0125. The topological polar surface area (TPSA) is 38.3 Å². The van der Waals surface area contributed by atoms with Gasteiger partial charge in [-0.2, -0.15) is 0 Å². The summed E-state index contributed by atoms with van der Waals surface area (Å²) >= 11 is 3.20. The fraction of sp³-hybridized carbons (Fsp3) is 0.417. The van der Waals surface area contributed by atoms with Crippen molar-refractivity contribution < 1.29 is 14.0 Å². The van der Waals surface area contributed by atoms with Crippen LogP contribution >= 0.6 is 15.9 Å². The van der Waals surface area contributed by atoms with Crippen LogP contribution in [-0.4, -0.2) is 12.0 Å². The number of nitrogens with one attached hydrogen (secondary N) is 1. The van der Waals surface area contributed by atoms with Crippen molar-refractivity contribution in [3.05, 3.63) is 34.1 Å². The minimum atomic E-state index is -0.445. The van der Waals surface area contributed by atoms with Crippen molar-refractivity contribution in [3.63, 3.8) is 0 Å². The number of amides is 1. The molecule has 1 N–H and O–H groups in total. The summed E-state index contributed by atoms with van der Waals surface area (Å²) in [5.41, 5.74) is 2.61. The maximum atomic E-state index is 13.0. The lowest BCUT2D eigenvalue weighted by Crippen LogP contribution is -2.28. The molecule has 0 unspecified atom stereocenters. The third kappa shape index (κ3) is 3.26. The van der Waals surface area contributed by atoms with E-state index in [1.807, 2.05) is 0 Å². The van der Waals surface area contributed by atoms with Crippen LogP contribution in [0.5, 0.6) is 0 Å². The molecule has 1 amide bonds. The molecule has 0 bridgehead atoms. The molecule has 1 aromatic rings. The lowest BCUT2D eigenvalue weighted by atomic mass is 10.2. The van der Waals surface area contributed by atoms with Gasteiger partial charge in [0.05, 0.1) is 11.7 Å². The first-order valence-electron chi connectivity index (χ1n) is 5.58. The van der Waals surface area contributed by atoms with Crippen LogP contribution < -0.4 is 5.48 Å². The van der Waals surface area contributed by atoms with Crippen LogP contribution in [0.1, 0.15) is 36.0 Å². The molecule has 1 aliphatic rings. The molecule has 0 spiro atoms. The van der Waals surface area contributed by atoms with E-state index < -0.39 is 11.7 Å². The number of benzene rings is 1. The first-order chi connectivity index (χ1) is 8.16.